The first-order valence-electron chi connectivity index (χ1n) is 4.08. The molecule has 1 fully saturated rings. The Morgan fingerprint density at radius 1 is 1.54 bits per heavy atom. The van der Waals surface area contributed by atoms with Crippen LogP contribution in [0.2, 0.25) is 0 Å². The highest BCUT2D eigenvalue weighted by Crippen LogP contribution is 2.68. The van der Waals surface area contributed by atoms with Crippen LogP contribution in [0.4, 0.5) is 0 Å². The van der Waals surface area contributed by atoms with Crippen molar-refractivity contribution >= 4 is 53.8 Å². The second-order valence-corrected chi connectivity index (χ2v) is 8.40. The second-order valence-electron chi connectivity index (χ2n) is 3.22. The minimum atomic E-state index is -0.202. The van der Waals surface area contributed by atoms with Crippen LogP contribution in [0.5, 0.6) is 0 Å². The molecule has 0 aromatic heterocycles. The maximum atomic E-state index is 11.4. The molecule has 1 aliphatic carbocycles. The second kappa shape index (κ2) is 3.81. The first-order valence-corrected chi connectivity index (χ1v) is 6.46. The minimum absolute atomic E-state index is 0.147. The molecule has 0 bridgehead atoms. The van der Waals surface area contributed by atoms with Crippen LogP contribution in [-0.4, -0.2) is 20.1 Å². The fraction of sp³-hybridized carbons (Fsp3) is 0.875. The van der Waals surface area contributed by atoms with E-state index in [2.05, 4.69) is 47.8 Å². The Hall–Kier alpha value is 0.910. The van der Waals surface area contributed by atoms with E-state index >= 15 is 0 Å². The zero-order chi connectivity index (χ0) is 10.3. The van der Waals surface area contributed by atoms with Gasteiger partial charge in [-0.05, 0) is 13.3 Å². The van der Waals surface area contributed by atoms with Gasteiger partial charge >= 0.3 is 5.97 Å². The smallest absolute Gasteiger partial charge is 0.310 e. The zero-order valence-electron chi connectivity index (χ0n) is 7.44. The first-order chi connectivity index (χ1) is 5.85. The third-order valence-corrected chi connectivity index (χ3v) is 6.97. The van der Waals surface area contributed by atoms with Gasteiger partial charge in [-0.1, -0.05) is 54.7 Å². The number of esters is 1. The number of rotatable bonds is 3. The molecule has 76 valence electrons. The van der Waals surface area contributed by atoms with Crippen molar-refractivity contribution in [1.29, 1.82) is 0 Å². The molecule has 5 heteroatoms. The van der Waals surface area contributed by atoms with E-state index in [0.717, 1.165) is 6.42 Å². The number of carbonyl (C=O) groups is 1. The highest BCUT2D eigenvalue weighted by molar-refractivity contribution is 9.26. The van der Waals surface area contributed by atoms with Gasteiger partial charge < -0.3 is 4.74 Å². The molecule has 2 atom stereocenters. The molecule has 0 amide bonds. The van der Waals surface area contributed by atoms with E-state index < -0.39 is 0 Å². The van der Waals surface area contributed by atoms with Gasteiger partial charge in [0.15, 0.2) is 0 Å². The van der Waals surface area contributed by atoms with Gasteiger partial charge in [-0.3, -0.25) is 4.79 Å². The molecule has 0 spiro atoms. The number of hydrogen-bond donors (Lipinski definition) is 0. The Labute approximate surface area is 103 Å². The molecule has 1 saturated carbocycles. The molecule has 1 rings (SSSR count). The summed E-state index contributed by atoms with van der Waals surface area (Å²) < 4.78 is 4.60. The van der Waals surface area contributed by atoms with Crippen LogP contribution in [0.15, 0.2) is 0 Å². The SMILES string of the molecule is CCOC(=O)C(C)C1(Br)CC1(Br)Br. The van der Waals surface area contributed by atoms with E-state index in [4.69, 9.17) is 4.74 Å². The number of alkyl halides is 3. The van der Waals surface area contributed by atoms with Crippen molar-refractivity contribution in [2.24, 2.45) is 5.92 Å². The molecule has 0 heterocycles. The van der Waals surface area contributed by atoms with Gasteiger partial charge in [-0.15, -0.1) is 0 Å². The average Bonchev–Trinajstić information content (AvgIpc) is 2.52. The number of halogens is 3. The first kappa shape index (κ1) is 12.0. The van der Waals surface area contributed by atoms with E-state index in [1.165, 1.54) is 0 Å². The summed E-state index contributed by atoms with van der Waals surface area (Å²) in [4.78, 5) is 11.4. The molecule has 2 unspecified atom stereocenters. The van der Waals surface area contributed by atoms with E-state index in [9.17, 15) is 4.79 Å². The zero-order valence-corrected chi connectivity index (χ0v) is 12.2. The molecular weight excluding hydrogens is 368 g/mol. The molecule has 1 aliphatic rings. The fourth-order valence-corrected chi connectivity index (χ4v) is 4.13. The van der Waals surface area contributed by atoms with Gasteiger partial charge in [0.25, 0.3) is 0 Å². The lowest BCUT2D eigenvalue weighted by Crippen LogP contribution is -2.28. The van der Waals surface area contributed by atoms with Gasteiger partial charge in [-0.25, -0.2) is 0 Å². The molecule has 0 aromatic carbocycles. The molecule has 0 aliphatic heterocycles. The number of carbonyl (C=O) groups excluding carboxylic acids is 1. The molecule has 0 aromatic rings. The molecule has 0 radical (unpaired) electrons. The summed E-state index contributed by atoms with van der Waals surface area (Å²) in [6, 6.07) is 0. The van der Waals surface area contributed by atoms with Crippen LogP contribution >= 0.6 is 47.8 Å². The van der Waals surface area contributed by atoms with Crippen LogP contribution in [0.1, 0.15) is 20.3 Å². The predicted molar refractivity (Wildman–Crippen MR) is 62.7 cm³/mol. The van der Waals surface area contributed by atoms with Gasteiger partial charge in [-0.2, -0.15) is 0 Å². The predicted octanol–water partition coefficient (Wildman–Crippen LogP) is 3.21. The van der Waals surface area contributed by atoms with E-state index in [0.29, 0.717) is 6.61 Å². The Morgan fingerprint density at radius 3 is 2.31 bits per heavy atom. The molecule has 0 saturated heterocycles. The lowest BCUT2D eigenvalue weighted by atomic mass is 10.1. The van der Waals surface area contributed by atoms with E-state index in [1.807, 2.05) is 13.8 Å². The summed E-state index contributed by atoms with van der Waals surface area (Å²) in [5, 5.41) is 0. The molecule has 0 N–H and O–H groups in total. The lowest BCUT2D eigenvalue weighted by molar-refractivity contribution is -0.147. The molecular formula is C8H11Br3O2. The van der Waals surface area contributed by atoms with E-state index in [-0.39, 0.29) is 19.4 Å². The van der Waals surface area contributed by atoms with E-state index in [1.54, 1.807) is 0 Å². The Balaban J connectivity index is 2.59. The van der Waals surface area contributed by atoms with Crippen LogP contribution in [0, 0.1) is 5.92 Å². The highest BCUT2D eigenvalue weighted by atomic mass is 79.9. The van der Waals surface area contributed by atoms with Crippen molar-refractivity contribution in [3.05, 3.63) is 0 Å². The number of hydrogen-bond acceptors (Lipinski definition) is 2. The Kier molecular flexibility index (Phi) is 3.52. The summed E-state index contributed by atoms with van der Waals surface area (Å²) >= 11 is 10.5. The van der Waals surface area contributed by atoms with Crippen LogP contribution in [0.25, 0.3) is 0 Å². The van der Waals surface area contributed by atoms with Crippen molar-refractivity contribution in [3.8, 4) is 0 Å². The fourth-order valence-electron chi connectivity index (χ4n) is 1.20. The van der Waals surface area contributed by atoms with Crippen molar-refractivity contribution in [2.45, 2.75) is 27.8 Å². The van der Waals surface area contributed by atoms with Crippen LogP contribution < -0.4 is 0 Å². The van der Waals surface area contributed by atoms with Crippen LogP contribution in [0.3, 0.4) is 0 Å². The largest absolute Gasteiger partial charge is 0.466 e. The monoisotopic (exact) mass is 376 g/mol. The summed E-state index contributed by atoms with van der Waals surface area (Å²) in [7, 11) is 0. The van der Waals surface area contributed by atoms with Crippen molar-refractivity contribution in [3.63, 3.8) is 0 Å². The topological polar surface area (TPSA) is 26.3 Å². The Morgan fingerprint density at radius 2 is 2.00 bits per heavy atom. The quantitative estimate of drug-likeness (QED) is 0.557. The summed E-state index contributed by atoms with van der Waals surface area (Å²) in [6.07, 6.45) is 0.875. The summed E-state index contributed by atoms with van der Waals surface area (Å²) in [6.45, 7) is 4.12. The maximum absolute atomic E-state index is 11.4. The maximum Gasteiger partial charge on any atom is 0.310 e. The van der Waals surface area contributed by atoms with Gasteiger partial charge in [0.1, 0.15) is 0 Å². The van der Waals surface area contributed by atoms with Crippen molar-refractivity contribution in [1.82, 2.24) is 0 Å². The Bertz CT molecular complexity index is 229. The summed E-state index contributed by atoms with van der Waals surface area (Å²) in [5.74, 6) is -0.300. The molecule has 2 nitrogen and oxygen atoms in total. The summed E-state index contributed by atoms with van der Waals surface area (Å²) in [5.41, 5.74) is 0. The van der Waals surface area contributed by atoms with Gasteiger partial charge in [0.05, 0.1) is 20.1 Å². The lowest BCUT2D eigenvalue weighted by Gasteiger charge is -2.17. The molecule has 13 heavy (non-hydrogen) atoms. The number of ether oxygens (including phenoxy) is 1. The average molecular weight is 379 g/mol. The van der Waals surface area contributed by atoms with Gasteiger partial charge in [0.2, 0.25) is 0 Å². The highest BCUT2D eigenvalue weighted by Gasteiger charge is 2.68. The third-order valence-electron chi connectivity index (χ3n) is 2.29. The van der Waals surface area contributed by atoms with Crippen molar-refractivity contribution < 1.29 is 9.53 Å². The third kappa shape index (κ3) is 2.12. The standard InChI is InChI=1S/C8H11Br3O2/c1-3-13-6(12)5(2)7(9)4-8(7,10)11/h5H,3-4H2,1-2H3. The van der Waals surface area contributed by atoms with Crippen molar-refractivity contribution in [2.75, 3.05) is 6.61 Å². The van der Waals surface area contributed by atoms with Gasteiger partial charge in [0, 0.05) is 0 Å². The minimum Gasteiger partial charge on any atom is -0.466 e. The normalized spacial score (nSPS) is 32.4. The van der Waals surface area contributed by atoms with Crippen LogP contribution in [-0.2, 0) is 9.53 Å².